The van der Waals surface area contributed by atoms with Crippen molar-refractivity contribution in [2.24, 2.45) is 0 Å². The van der Waals surface area contributed by atoms with Gasteiger partial charge in [-0.1, -0.05) is 6.92 Å². The second-order valence-corrected chi connectivity index (χ2v) is 9.10. The lowest BCUT2D eigenvalue weighted by Crippen LogP contribution is -2.05. The molecular formula is C20H22IN6O2P. The average molecular weight is 536 g/mol. The van der Waals surface area contributed by atoms with Gasteiger partial charge in [-0.25, -0.2) is 19.4 Å². The molecule has 4 aromatic rings. The van der Waals surface area contributed by atoms with Crippen molar-refractivity contribution in [1.29, 1.82) is 0 Å². The fourth-order valence-corrected chi connectivity index (χ4v) is 4.65. The maximum absolute atomic E-state index is 10.0. The molecule has 0 bridgehead atoms. The zero-order valence-corrected chi connectivity index (χ0v) is 20.0. The molecule has 0 amide bonds. The number of halogens is 1. The highest BCUT2D eigenvalue weighted by Crippen LogP contribution is 2.35. The zero-order valence-electron chi connectivity index (χ0n) is 16.8. The molecule has 0 aliphatic carbocycles. The predicted molar refractivity (Wildman–Crippen MR) is 127 cm³/mol. The number of nitrogens with zero attached hydrogens (tertiary/aromatic N) is 6. The lowest BCUT2D eigenvalue weighted by molar-refractivity contribution is 0.169. The fourth-order valence-electron chi connectivity index (χ4n) is 3.12. The number of hydrogen-bond donors (Lipinski definition) is 1. The maximum Gasteiger partial charge on any atom is 0.182 e. The second kappa shape index (κ2) is 8.95. The summed E-state index contributed by atoms with van der Waals surface area (Å²) >= 11 is 2.31. The monoisotopic (exact) mass is 536 g/mol. The first-order chi connectivity index (χ1) is 14.5. The Morgan fingerprint density at radius 2 is 2.07 bits per heavy atom. The highest BCUT2D eigenvalue weighted by atomic mass is 127. The maximum atomic E-state index is 10.0. The number of fused-ring (bicyclic) bond motifs is 1. The summed E-state index contributed by atoms with van der Waals surface area (Å²) in [6.07, 6.45) is 5.70. The molecule has 2 atom stereocenters. The van der Waals surface area contributed by atoms with E-state index in [9.17, 15) is 5.11 Å². The van der Waals surface area contributed by atoms with E-state index in [1.165, 1.54) is 0 Å². The Hall–Kier alpha value is -2.10. The van der Waals surface area contributed by atoms with E-state index in [1.54, 1.807) is 29.4 Å². The third-order valence-electron chi connectivity index (χ3n) is 4.55. The van der Waals surface area contributed by atoms with Crippen LogP contribution in [0.2, 0.25) is 0 Å². The lowest BCUT2D eigenvalue weighted by atomic mass is 10.2. The molecule has 0 saturated heterocycles. The SMILES string of the molecule is CCC(O)c1cn(-c2ccnc(-c3nn(PI)c4ccc(OC(C)C)cc34)n2)cn1. The molecule has 0 radical (unpaired) electrons. The Balaban J connectivity index is 1.78. The van der Waals surface area contributed by atoms with E-state index < -0.39 is 6.10 Å². The molecule has 3 aromatic heterocycles. The van der Waals surface area contributed by atoms with Crippen molar-refractivity contribution >= 4 is 39.3 Å². The quantitative estimate of drug-likeness (QED) is 0.272. The van der Waals surface area contributed by atoms with Crippen molar-refractivity contribution < 1.29 is 9.84 Å². The van der Waals surface area contributed by atoms with Gasteiger partial charge < -0.3 is 9.84 Å². The number of benzene rings is 1. The average Bonchev–Trinajstić information content (AvgIpc) is 3.38. The van der Waals surface area contributed by atoms with Crippen LogP contribution in [0.1, 0.15) is 39.0 Å². The third kappa shape index (κ3) is 4.19. The van der Waals surface area contributed by atoms with E-state index in [1.807, 2.05) is 43.4 Å². The van der Waals surface area contributed by atoms with Gasteiger partial charge in [-0.3, -0.25) is 4.57 Å². The summed E-state index contributed by atoms with van der Waals surface area (Å²) in [6, 6.07) is 7.78. The van der Waals surface area contributed by atoms with Crippen LogP contribution < -0.4 is 4.74 Å². The van der Waals surface area contributed by atoms with E-state index >= 15 is 0 Å². The Morgan fingerprint density at radius 3 is 2.80 bits per heavy atom. The molecule has 1 N–H and O–H groups in total. The lowest BCUT2D eigenvalue weighted by Gasteiger charge is -2.09. The van der Waals surface area contributed by atoms with Gasteiger partial charge in [-0.2, -0.15) is 5.10 Å². The van der Waals surface area contributed by atoms with Gasteiger partial charge in [0.05, 0.1) is 29.8 Å². The minimum Gasteiger partial charge on any atom is -0.491 e. The summed E-state index contributed by atoms with van der Waals surface area (Å²) in [7, 11) is 0. The van der Waals surface area contributed by atoms with Gasteiger partial charge in [0.2, 0.25) is 0 Å². The first kappa shape index (κ1) is 21.1. The van der Waals surface area contributed by atoms with Gasteiger partial charge in [-0.15, -0.1) is 0 Å². The fraction of sp³-hybridized carbons (Fsp3) is 0.300. The zero-order chi connectivity index (χ0) is 21.3. The van der Waals surface area contributed by atoms with Gasteiger partial charge in [0.25, 0.3) is 0 Å². The van der Waals surface area contributed by atoms with E-state index in [0.29, 0.717) is 35.8 Å². The number of aliphatic hydroxyl groups is 1. The van der Waals surface area contributed by atoms with Gasteiger partial charge in [0.15, 0.2) is 5.82 Å². The van der Waals surface area contributed by atoms with Gasteiger partial charge in [-0.05, 0) is 66.6 Å². The van der Waals surface area contributed by atoms with Crippen LogP contribution in [0.3, 0.4) is 0 Å². The molecule has 10 heteroatoms. The molecular weight excluding hydrogens is 514 g/mol. The van der Waals surface area contributed by atoms with Crippen LogP contribution >= 0.6 is 28.4 Å². The highest BCUT2D eigenvalue weighted by molar-refractivity contribution is 14.2. The molecule has 4 rings (SSSR count). The van der Waals surface area contributed by atoms with Crippen LogP contribution in [0.5, 0.6) is 5.75 Å². The Bertz CT molecular complexity index is 1180. The van der Waals surface area contributed by atoms with Gasteiger partial charge in [0.1, 0.15) is 23.6 Å². The first-order valence-corrected chi connectivity index (χ1v) is 13.7. The molecule has 0 spiro atoms. The Labute approximate surface area is 189 Å². The summed E-state index contributed by atoms with van der Waals surface area (Å²) < 4.78 is 9.61. The van der Waals surface area contributed by atoms with E-state index in [2.05, 4.69) is 32.0 Å². The summed E-state index contributed by atoms with van der Waals surface area (Å²) in [5.74, 6) is 1.98. The number of aromatic nitrogens is 6. The van der Waals surface area contributed by atoms with Gasteiger partial charge >= 0.3 is 0 Å². The smallest absolute Gasteiger partial charge is 0.182 e. The van der Waals surface area contributed by atoms with Crippen LogP contribution in [0.4, 0.5) is 0 Å². The Kier molecular flexibility index (Phi) is 6.31. The molecule has 30 heavy (non-hydrogen) atoms. The number of imidazole rings is 1. The normalized spacial score (nSPS) is 13.0. The summed E-state index contributed by atoms with van der Waals surface area (Å²) in [4.78, 5) is 13.5. The second-order valence-electron chi connectivity index (χ2n) is 7.06. The number of rotatable bonds is 7. The molecule has 156 valence electrons. The Morgan fingerprint density at radius 1 is 1.23 bits per heavy atom. The molecule has 0 aliphatic heterocycles. The number of hydrogen-bond acceptors (Lipinski definition) is 6. The molecule has 0 saturated carbocycles. The minimum absolute atomic E-state index is 0.0841. The van der Waals surface area contributed by atoms with Crippen molar-refractivity contribution in [3.05, 3.63) is 48.7 Å². The molecule has 8 nitrogen and oxygen atoms in total. The van der Waals surface area contributed by atoms with Crippen LogP contribution in [0, 0.1) is 0 Å². The van der Waals surface area contributed by atoms with Crippen LogP contribution in [-0.4, -0.2) is 40.3 Å². The first-order valence-electron chi connectivity index (χ1n) is 9.62. The van der Waals surface area contributed by atoms with Crippen LogP contribution in [-0.2, 0) is 0 Å². The van der Waals surface area contributed by atoms with Crippen LogP contribution in [0.15, 0.2) is 43.0 Å². The molecule has 0 aliphatic rings. The van der Waals surface area contributed by atoms with Crippen molar-refractivity contribution in [3.8, 4) is 23.1 Å². The molecule has 1 aromatic carbocycles. The van der Waals surface area contributed by atoms with Crippen molar-refractivity contribution in [2.75, 3.05) is 0 Å². The predicted octanol–water partition coefficient (Wildman–Crippen LogP) is 4.70. The van der Waals surface area contributed by atoms with Crippen molar-refractivity contribution in [3.63, 3.8) is 0 Å². The molecule has 0 fully saturated rings. The van der Waals surface area contributed by atoms with Crippen molar-refractivity contribution in [2.45, 2.75) is 39.4 Å². The summed E-state index contributed by atoms with van der Waals surface area (Å²) in [6.45, 7) is 5.92. The number of ether oxygens (including phenoxy) is 1. The topological polar surface area (TPSA) is 90.9 Å². The largest absolute Gasteiger partial charge is 0.491 e. The minimum atomic E-state index is -0.587. The van der Waals surface area contributed by atoms with E-state index in [0.717, 1.165) is 16.7 Å². The highest BCUT2D eigenvalue weighted by Gasteiger charge is 2.17. The number of aliphatic hydroxyl groups excluding tert-OH is 1. The van der Waals surface area contributed by atoms with Crippen molar-refractivity contribution in [1.82, 2.24) is 29.1 Å². The summed E-state index contributed by atoms with van der Waals surface area (Å²) in [5.41, 5.74) is 2.34. The molecule has 2 unspecified atom stereocenters. The van der Waals surface area contributed by atoms with E-state index in [4.69, 9.17) is 14.8 Å². The van der Waals surface area contributed by atoms with Gasteiger partial charge in [0, 0.05) is 17.8 Å². The van der Waals surface area contributed by atoms with Crippen LogP contribution in [0.25, 0.3) is 28.2 Å². The molecule has 3 heterocycles. The third-order valence-corrected chi connectivity index (χ3v) is 6.42. The van der Waals surface area contributed by atoms with E-state index in [-0.39, 0.29) is 6.10 Å². The summed E-state index contributed by atoms with van der Waals surface area (Å²) in [5, 5.41) is 15.7. The standard InChI is InChI=1S/C20H22IN6O2P/c1-4-17(28)15-10-26(11-23-15)18-7-8-22-20(24-18)19-14-9-13(29-12(2)3)5-6-16(14)27(25-19)30-21/h5-12,17,28,30H,4H2,1-3H3.